The van der Waals surface area contributed by atoms with Crippen molar-refractivity contribution in [2.24, 2.45) is 5.92 Å². The number of nitrogens with two attached hydrogens (primary N) is 1. The monoisotopic (exact) mass is 664 g/mol. The van der Waals surface area contributed by atoms with E-state index >= 15 is 0 Å². The number of benzene rings is 1. The summed E-state index contributed by atoms with van der Waals surface area (Å²) in [4.78, 5) is 45.5. The number of likely N-dealkylation sites (tertiary alicyclic amines) is 1. The number of fused-ring (bicyclic) bond motifs is 4. The van der Waals surface area contributed by atoms with Gasteiger partial charge < -0.3 is 20.5 Å². The Kier molecular flexibility index (Phi) is 6.57. The Morgan fingerprint density at radius 3 is 2.64 bits per heavy atom. The van der Waals surface area contributed by atoms with Crippen LogP contribution in [0.25, 0.3) is 33.1 Å². The second-order valence-corrected chi connectivity index (χ2v) is 11.9. The molecular weight excluding hydrogens is 641 g/mol. The van der Waals surface area contributed by atoms with Crippen molar-refractivity contribution in [1.29, 1.82) is 0 Å². The van der Waals surface area contributed by atoms with Gasteiger partial charge in [-0.2, -0.15) is 13.2 Å². The van der Waals surface area contributed by atoms with E-state index in [-0.39, 0.29) is 36.1 Å². The predicted molar refractivity (Wildman–Crippen MR) is 160 cm³/mol. The molecule has 0 bridgehead atoms. The molecule has 1 saturated heterocycles. The molecule has 224 valence electrons. The molecule has 1 unspecified atom stereocenters. The van der Waals surface area contributed by atoms with Gasteiger partial charge in [-0.1, -0.05) is 12.1 Å². The third-order valence-electron chi connectivity index (χ3n) is 8.29. The number of carbonyl (C=O) groups is 2. The molecule has 0 radical (unpaired) electrons. The highest BCUT2D eigenvalue weighted by Crippen LogP contribution is 2.48. The van der Waals surface area contributed by atoms with Crippen LogP contribution in [-0.4, -0.2) is 53.3 Å². The molecule has 2 amide bonds. The van der Waals surface area contributed by atoms with Crippen molar-refractivity contribution in [1.82, 2.24) is 29.4 Å². The highest BCUT2D eigenvalue weighted by atomic mass is 79.9. The Hall–Kier alpha value is -4.59. The maximum Gasteiger partial charge on any atom is 0.433 e. The van der Waals surface area contributed by atoms with Crippen molar-refractivity contribution in [2.75, 3.05) is 11.1 Å². The van der Waals surface area contributed by atoms with Gasteiger partial charge in [0.05, 0.1) is 10.9 Å². The summed E-state index contributed by atoms with van der Waals surface area (Å²) < 4.78 is 41.6. The van der Waals surface area contributed by atoms with Gasteiger partial charge in [0.15, 0.2) is 0 Å². The third-order valence-corrected chi connectivity index (χ3v) is 8.74. The Morgan fingerprint density at radius 1 is 1.09 bits per heavy atom. The normalized spacial score (nSPS) is 19.4. The van der Waals surface area contributed by atoms with E-state index in [2.05, 4.69) is 41.2 Å². The lowest BCUT2D eigenvalue weighted by molar-refractivity contribution is -0.141. The number of alkyl halides is 3. The van der Waals surface area contributed by atoms with Crippen LogP contribution in [-0.2, 0) is 22.3 Å². The minimum atomic E-state index is -4.55. The summed E-state index contributed by atoms with van der Waals surface area (Å²) in [6.45, 7) is 1.75. The van der Waals surface area contributed by atoms with Gasteiger partial charge in [-0.25, -0.2) is 15.0 Å². The minimum Gasteiger partial charge on any atom is -0.383 e. The van der Waals surface area contributed by atoms with E-state index in [9.17, 15) is 22.8 Å². The summed E-state index contributed by atoms with van der Waals surface area (Å²) >= 11 is 3.31. The molecule has 10 nitrogen and oxygen atoms in total. The van der Waals surface area contributed by atoms with E-state index in [0.29, 0.717) is 49.9 Å². The van der Waals surface area contributed by atoms with E-state index in [0.717, 1.165) is 18.1 Å². The van der Waals surface area contributed by atoms with Crippen molar-refractivity contribution in [3.8, 4) is 11.1 Å². The van der Waals surface area contributed by atoms with E-state index in [1.807, 2.05) is 13.0 Å². The van der Waals surface area contributed by atoms with Crippen molar-refractivity contribution in [2.45, 2.75) is 44.6 Å². The Bertz CT molecular complexity index is 1980. The van der Waals surface area contributed by atoms with Gasteiger partial charge in [0.25, 0.3) is 0 Å². The number of hydrogen-bond donors (Lipinski definition) is 2. The summed E-state index contributed by atoms with van der Waals surface area (Å²) in [5, 5.41) is 4.02. The highest BCUT2D eigenvalue weighted by Gasteiger charge is 2.56. The molecule has 2 fully saturated rings. The van der Waals surface area contributed by atoms with Gasteiger partial charge in [-0.05, 0) is 83.1 Å². The molecule has 3 atom stereocenters. The van der Waals surface area contributed by atoms with Gasteiger partial charge in [-0.15, -0.1) is 0 Å². The molecule has 1 aliphatic carbocycles. The summed E-state index contributed by atoms with van der Waals surface area (Å²) in [5.41, 5.74) is 8.33. The molecule has 4 aromatic heterocycles. The fraction of sp³-hybridized carbons (Fsp3) is 0.267. The number of pyridine rings is 2. The van der Waals surface area contributed by atoms with E-state index in [1.165, 1.54) is 18.6 Å². The fourth-order valence-electron chi connectivity index (χ4n) is 6.29. The first-order chi connectivity index (χ1) is 21.0. The zero-order valence-corrected chi connectivity index (χ0v) is 24.7. The van der Waals surface area contributed by atoms with E-state index < -0.39 is 17.9 Å². The van der Waals surface area contributed by atoms with Crippen LogP contribution in [0.2, 0.25) is 0 Å². The number of nitrogens with one attached hydrogen (secondary N) is 1. The standard InChI is InChI=1S/C30H24BrF3N8O2/c1-14-7-16(15-5-6-21(36-11-15)30(32,33)34)8-18-25-27(35)37-13-38-28(25)41(26(14)18)12-24(43)42-19-9-17(19)10-20(42)29(44)40-23-4-2-3-22(31)39-23/h2-8,11,13,17,19-20H,9-10,12H2,1H3,(H2,35,37,38)(H,39,40,44)/t17?,19-,20+/m1/s1. The van der Waals surface area contributed by atoms with Gasteiger partial charge in [0, 0.05) is 23.2 Å². The number of aryl methyl sites for hydroxylation is 1. The molecule has 44 heavy (non-hydrogen) atoms. The molecule has 2 aliphatic rings. The van der Waals surface area contributed by atoms with Crippen LogP contribution in [0.4, 0.5) is 24.8 Å². The fourth-order valence-corrected chi connectivity index (χ4v) is 6.64. The summed E-state index contributed by atoms with van der Waals surface area (Å²) in [5.74, 6) is 0.333. The molecule has 14 heteroatoms. The number of nitrogens with zero attached hydrogens (tertiary/aromatic N) is 6. The maximum absolute atomic E-state index is 14.0. The Labute approximate surface area is 256 Å². The number of piperidine rings is 1. The number of halogens is 4. The SMILES string of the molecule is Cc1cc(-c2ccc(C(F)(F)F)nc2)cc2c3c(N)ncnc3n(CC(=O)N3[C@@H]4CC4C[C@H]3C(=O)Nc3cccc(Br)n3)c12. The number of amides is 2. The highest BCUT2D eigenvalue weighted by molar-refractivity contribution is 9.10. The van der Waals surface area contributed by atoms with Gasteiger partial charge in [-0.3, -0.25) is 14.6 Å². The zero-order valence-electron chi connectivity index (χ0n) is 23.1. The van der Waals surface area contributed by atoms with Crippen LogP contribution in [0.15, 0.2) is 59.6 Å². The number of anilines is 2. The quantitative estimate of drug-likeness (QED) is 0.242. The first-order valence-electron chi connectivity index (χ1n) is 13.8. The van der Waals surface area contributed by atoms with Crippen molar-refractivity contribution < 1.29 is 22.8 Å². The molecule has 1 aromatic carbocycles. The second-order valence-electron chi connectivity index (χ2n) is 11.1. The van der Waals surface area contributed by atoms with Gasteiger partial charge >= 0.3 is 6.18 Å². The number of hydrogen-bond acceptors (Lipinski definition) is 7. The van der Waals surface area contributed by atoms with Crippen molar-refractivity contribution in [3.05, 3.63) is 70.8 Å². The van der Waals surface area contributed by atoms with Crippen LogP contribution >= 0.6 is 15.9 Å². The largest absolute Gasteiger partial charge is 0.433 e. The van der Waals surface area contributed by atoms with E-state index in [4.69, 9.17) is 5.73 Å². The molecule has 0 spiro atoms. The lowest BCUT2D eigenvalue weighted by Gasteiger charge is -2.27. The lowest BCUT2D eigenvalue weighted by Crippen LogP contribution is -2.46. The average Bonchev–Trinajstić information content (AvgIpc) is 3.51. The maximum atomic E-state index is 14.0. The molecule has 1 aliphatic heterocycles. The molecule has 3 N–H and O–H groups in total. The topological polar surface area (TPSA) is 132 Å². The van der Waals surface area contributed by atoms with E-state index in [1.54, 1.807) is 33.7 Å². The summed E-state index contributed by atoms with van der Waals surface area (Å²) in [7, 11) is 0. The smallest absolute Gasteiger partial charge is 0.383 e. The molecule has 1 saturated carbocycles. The first-order valence-corrected chi connectivity index (χ1v) is 14.6. The summed E-state index contributed by atoms with van der Waals surface area (Å²) in [6.07, 6.45) is -0.629. The van der Waals surface area contributed by atoms with Crippen LogP contribution in [0.1, 0.15) is 24.1 Å². The van der Waals surface area contributed by atoms with Crippen molar-refractivity contribution >= 4 is 61.3 Å². The molecule has 5 heterocycles. The molecule has 7 rings (SSSR count). The number of rotatable bonds is 5. The number of nitrogen functional groups attached to an aromatic ring is 1. The zero-order chi connectivity index (χ0) is 30.9. The second kappa shape index (κ2) is 10.3. The van der Waals surface area contributed by atoms with Crippen LogP contribution in [0.5, 0.6) is 0 Å². The Morgan fingerprint density at radius 2 is 1.91 bits per heavy atom. The van der Waals surface area contributed by atoms with Crippen LogP contribution in [0.3, 0.4) is 0 Å². The first kappa shape index (κ1) is 28.2. The summed E-state index contributed by atoms with van der Waals surface area (Å²) in [6, 6.07) is 10.5. The molecule has 5 aromatic rings. The van der Waals surface area contributed by atoms with Gasteiger partial charge in [0.1, 0.15) is 46.5 Å². The average molecular weight is 665 g/mol. The minimum absolute atomic E-state index is 0.0126. The van der Waals surface area contributed by atoms with Gasteiger partial charge in [0.2, 0.25) is 11.8 Å². The number of aromatic nitrogens is 5. The lowest BCUT2D eigenvalue weighted by atomic mass is 10.0. The van der Waals surface area contributed by atoms with Crippen LogP contribution < -0.4 is 11.1 Å². The Balaban J connectivity index is 1.25. The molecular formula is C30H24BrF3N8O2. The van der Waals surface area contributed by atoms with Crippen LogP contribution in [0, 0.1) is 12.8 Å². The van der Waals surface area contributed by atoms with Crippen molar-refractivity contribution in [3.63, 3.8) is 0 Å². The predicted octanol–water partition coefficient (Wildman–Crippen LogP) is 5.34. The number of carbonyl (C=O) groups excluding carboxylic acids is 2. The third kappa shape index (κ3) is 4.82.